The third-order valence-electron chi connectivity index (χ3n) is 2.67. The number of nitrogens with two attached hydrogens (primary N) is 1. The fourth-order valence-electron chi connectivity index (χ4n) is 1.75. The number of primary amides is 1. The van der Waals surface area contributed by atoms with Gasteiger partial charge in [0.2, 0.25) is 5.91 Å². The van der Waals surface area contributed by atoms with Crippen molar-refractivity contribution in [2.24, 2.45) is 5.73 Å². The molecule has 3 N–H and O–H groups in total. The van der Waals surface area contributed by atoms with Gasteiger partial charge >= 0.3 is 0 Å². The van der Waals surface area contributed by atoms with E-state index in [1.807, 2.05) is 0 Å². The molecule has 19 heavy (non-hydrogen) atoms. The highest BCUT2D eigenvalue weighted by molar-refractivity contribution is 6.31. The van der Waals surface area contributed by atoms with Gasteiger partial charge in [0.25, 0.3) is 0 Å². The van der Waals surface area contributed by atoms with Crippen LogP contribution < -0.4 is 11.1 Å². The van der Waals surface area contributed by atoms with E-state index in [0.717, 1.165) is 0 Å². The molecule has 2 aromatic rings. The number of hydrogen-bond acceptors (Lipinski definition) is 2. The molecule has 1 atom stereocenters. The molecule has 0 saturated heterocycles. The lowest BCUT2D eigenvalue weighted by molar-refractivity contribution is -0.118. The molecule has 98 valence electrons. The number of benzene rings is 2. The van der Waals surface area contributed by atoms with Gasteiger partial charge in [0.15, 0.2) is 0 Å². The summed E-state index contributed by atoms with van der Waals surface area (Å²) in [4.78, 5) is 11.5. The summed E-state index contributed by atoms with van der Waals surface area (Å²) in [7, 11) is 0. The van der Waals surface area contributed by atoms with Crippen molar-refractivity contribution >= 4 is 23.2 Å². The fourth-order valence-corrected chi connectivity index (χ4v) is 1.99. The second-order valence-electron chi connectivity index (χ2n) is 3.98. The highest BCUT2D eigenvalue weighted by Crippen LogP contribution is 2.26. The van der Waals surface area contributed by atoms with E-state index in [2.05, 4.69) is 5.32 Å². The molecule has 1 amide bonds. The Balaban J connectivity index is 2.35. The molecule has 0 aliphatic carbocycles. The maximum absolute atomic E-state index is 13.6. The highest BCUT2D eigenvalue weighted by atomic mass is 35.5. The van der Waals surface area contributed by atoms with Crippen LogP contribution in [0.25, 0.3) is 0 Å². The molecule has 0 radical (unpaired) electrons. The van der Waals surface area contributed by atoms with Gasteiger partial charge in [-0.1, -0.05) is 41.9 Å². The average molecular weight is 279 g/mol. The molecule has 3 nitrogen and oxygen atoms in total. The first kappa shape index (κ1) is 13.4. The maximum atomic E-state index is 13.6. The van der Waals surface area contributed by atoms with Crippen molar-refractivity contribution in [1.29, 1.82) is 0 Å². The van der Waals surface area contributed by atoms with Crippen molar-refractivity contribution in [3.63, 3.8) is 0 Å². The van der Waals surface area contributed by atoms with E-state index in [0.29, 0.717) is 10.6 Å². The van der Waals surface area contributed by atoms with Gasteiger partial charge in [-0.3, -0.25) is 4.79 Å². The van der Waals surface area contributed by atoms with Gasteiger partial charge in [-0.2, -0.15) is 0 Å². The Kier molecular flexibility index (Phi) is 4.02. The van der Waals surface area contributed by atoms with Crippen molar-refractivity contribution in [1.82, 2.24) is 0 Å². The van der Waals surface area contributed by atoms with Crippen LogP contribution in [0.4, 0.5) is 10.1 Å². The van der Waals surface area contributed by atoms with Crippen LogP contribution >= 0.6 is 11.6 Å². The van der Waals surface area contributed by atoms with E-state index in [1.54, 1.807) is 36.4 Å². The highest BCUT2D eigenvalue weighted by Gasteiger charge is 2.21. The Labute approximate surface area is 115 Å². The van der Waals surface area contributed by atoms with Crippen LogP contribution in [0.15, 0.2) is 48.5 Å². The van der Waals surface area contributed by atoms with Crippen molar-refractivity contribution in [2.45, 2.75) is 6.04 Å². The van der Waals surface area contributed by atoms with Gasteiger partial charge in [-0.05, 0) is 18.2 Å². The zero-order valence-electron chi connectivity index (χ0n) is 9.94. The van der Waals surface area contributed by atoms with Crippen LogP contribution in [-0.4, -0.2) is 5.91 Å². The van der Waals surface area contributed by atoms with E-state index >= 15 is 0 Å². The van der Waals surface area contributed by atoms with Crippen LogP contribution in [0.3, 0.4) is 0 Å². The number of nitrogens with one attached hydrogen (secondary N) is 1. The van der Waals surface area contributed by atoms with Gasteiger partial charge in [-0.25, -0.2) is 4.39 Å². The SMILES string of the molecule is NC(=O)C(Nc1ccccc1F)c1ccccc1Cl. The van der Waals surface area contributed by atoms with Crippen LogP contribution in [0.1, 0.15) is 11.6 Å². The summed E-state index contributed by atoms with van der Waals surface area (Å²) < 4.78 is 13.6. The predicted octanol–water partition coefficient (Wildman–Crippen LogP) is 3.12. The van der Waals surface area contributed by atoms with E-state index < -0.39 is 17.8 Å². The smallest absolute Gasteiger partial charge is 0.244 e. The first-order valence-corrected chi connectivity index (χ1v) is 6.02. The quantitative estimate of drug-likeness (QED) is 0.903. The second kappa shape index (κ2) is 5.71. The summed E-state index contributed by atoms with van der Waals surface area (Å²) in [5, 5.41) is 3.17. The molecule has 2 aromatic carbocycles. The van der Waals surface area contributed by atoms with Gasteiger partial charge in [0.05, 0.1) is 5.69 Å². The number of carbonyl (C=O) groups is 1. The number of para-hydroxylation sites is 1. The van der Waals surface area contributed by atoms with Gasteiger partial charge in [0, 0.05) is 10.6 Å². The Morgan fingerprint density at radius 1 is 1.16 bits per heavy atom. The zero-order chi connectivity index (χ0) is 13.8. The summed E-state index contributed by atoms with van der Waals surface area (Å²) >= 11 is 6.03. The Morgan fingerprint density at radius 3 is 2.42 bits per heavy atom. The minimum atomic E-state index is -0.884. The molecule has 0 bridgehead atoms. The fraction of sp³-hybridized carbons (Fsp3) is 0.0714. The molecule has 0 fully saturated rings. The zero-order valence-corrected chi connectivity index (χ0v) is 10.7. The molecular formula is C14H12ClFN2O. The molecule has 5 heteroatoms. The lowest BCUT2D eigenvalue weighted by Gasteiger charge is -2.18. The van der Waals surface area contributed by atoms with Gasteiger partial charge in [-0.15, -0.1) is 0 Å². The average Bonchev–Trinajstić information content (AvgIpc) is 2.38. The van der Waals surface area contributed by atoms with Crippen LogP contribution in [0.5, 0.6) is 0 Å². The molecule has 0 spiro atoms. The minimum Gasteiger partial charge on any atom is -0.368 e. The normalized spacial score (nSPS) is 11.9. The number of halogens is 2. The number of amides is 1. The molecule has 0 saturated carbocycles. The van der Waals surface area contributed by atoms with Crippen molar-refractivity contribution < 1.29 is 9.18 Å². The second-order valence-corrected chi connectivity index (χ2v) is 4.39. The Bertz CT molecular complexity index is 604. The molecule has 0 aromatic heterocycles. The summed E-state index contributed by atoms with van der Waals surface area (Å²) in [6.45, 7) is 0. The maximum Gasteiger partial charge on any atom is 0.244 e. The summed E-state index contributed by atoms with van der Waals surface area (Å²) in [6, 6.07) is 12.0. The molecule has 0 aliphatic heterocycles. The molecule has 2 rings (SSSR count). The number of rotatable bonds is 4. The standard InChI is InChI=1S/C14H12ClFN2O/c15-10-6-2-1-5-9(10)13(14(17)19)18-12-8-4-3-7-11(12)16/h1-8,13,18H,(H2,17,19). The molecule has 0 aliphatic rings. The minimum absolute atomic E-state index is 0.200. The monoisotopic (exact) mass is 278 g/mol. The first-order chi connectivity index (χ1) is 9.09. The van der Waals surface area contributed by atoms with E-state index in [4.69, 9.17) is 17.3 Å². The van der Waals surface area contributed by atoms with Gasteiger partial charge in [0.1, 0.15) is 11.9 Å². The van der Waals surface area contributed by atoms with E-state index in [1.165, 1.54) is 12.1 Å². The molecule has 0 heterocycles. The van der Waals surface area contributed by atoms with E-state index in [-0.39, 0.29) is 5.69 Å². The lowest BCUT2D eigenvalue weighted by atomic mass is 10.1. The summed E-state index contributed by atoms with van der Waals surface area (Å²) in [6.07, 6.45) is 0. The van der Waals surface area contributed by atoms with E-state index in [9.17, 15) is 9.18 Å². The van der Waals surface area contributed by atoms with Crippen molar-refractivity contribution in [3.8, 4) is 0 Å². The molecular weight excluding hydrogens is 267 g/mol. The lowest BCUT2D eigenvalue weighted by Crippen LogP contribution is -2.28. The summed E-state index contributed by atoms with van der Waals surface area (Å²) in [5.74, 6) is -1.09. The third kappa shape index (κ3) is 3.03. The van der Waals surface area contributed by atoms with Crippen molar-refractivity contribution in [3.05, 3.63) is 64.9 Å². The Hall–Kier alpha value is -2.07. The largest absolute Gasteiger partial charge is 0.368 e. The topological polar surface area (TPSA) is 55.1 Å². The number of anilines is 1. The van der Waals surface area contributed by atoms with Crippen LogP contribution in [-0.2, 0) is 4.79 Å². The van der Waals surface area contributed by atoms with Crippen LogP contribution in [0.2, 0.25) is 5.02 Å². The molecule has 1 unspecified atom stereocenters. The third-order valence-corrected chi connectivity index (χ3v) is 3.02. The number of hydrogen-bond donors (Lipinski definition) is 2. The first-order valence-electron chi connectivity index (χ1n) is 5.64. The Morgan fingerprint density at radius 2 is 1.79 bits per heavy atom. The summed E-state index contributed by atoms with van der Waals surface area (Å²) in [5.41, 5.74) is 6.07. The van der Waals surface area contributed by atoms with Crippen LogP contribution in [0, 0.1) is 5.82 Å². The predicted molar refractivity (Wildman–Crippen MR) is 73.4 cm³/mol. The number of carbonyl (C=O) groups excluding carboxylic acids is 1. The van der Waals surface area contributed by atoms with Gasteiger partial charge < -0.3 is 11.1 Å². The van der Waals surface area contributed by atoms with Crippen molar-refractivity contribution in [2.75, 3.05) is 5.32 Å².